The Balaban J connectivity index is 1.92. The van der Waals surface area contributed by atoms with Gasteiger partial charge in [0.05, 0.1) is 13.2 Å². The average molecular weight is 263 g/mol. The highest BCUT2D eigenvalue weighted by molar-refractivity contribution is 5.14. The Morgan fingerprint density at radius 2 is 1.74 bits per heavy atom. The number of nitrogens with one attached hydrogen (secondary N) is 1. The Bertz CT molecular complexity index is 377. The molecule has 1 aromatic rings. The van der Waals surface area contributed by atoms with Crippen molar-refractivity contribution in [3.63, 3.8) is 0 Å². The first kappa shape index (κ1) is 14.5. The fourth-order valence-electron chi connectivity index (χ4n) is 2.16. The molecule has 0 bridgehead atoms. The molecule has 0 radical (unpaired) electrons. The first-order valence-electron chi connectivity index (χ1n) is 7.06. The summed E-state index contributed by atoms with van der Waals surface area (Å²) in [7, 11) is 0. The third kappa shape index (κ3) is 4.60. The molecule has 1 aliphatic heterocycles. The zero-order chi connectivity index (χ0) is 13.8. The smallest absolute Gasteiger partial charge is 0.227 e. The maximum absolute atomic E-state index is 5.82. The zero-order valence-corrected chi connectivity index (χ0v) is 12.2. The Morgan fingerprint density at radius 3 is 2.32 bits per heavy atom. The van der Waals surface area contributed by atoms with Crippen molar-refractivity contribution in [3.8, 4) is 0 Å². The second-order valence-electron chi connectivity index (χ2n) is 6.35. The lowest BCUT2D eigenvalue weighted by Crippen LogP contribution is -2.46. The van der Waals surface area contributed by atoms with E-state index in [2.05, 4.69) is 50.4 Å². The van der Waals surface area contributed by atoms with Crippen LogP contribution in [-0.4, -0.2) is 19.1 Å². The molecule has 3 nitrogen and oxygen atoms in total. The number of hydrogen-bond acceptors (Lipinski definition) is 3. The van der Waals surface area contributed by atoms with E-state index in [1.54, 1.807) is 0 Å². The van der Waals surface area contributed by atoms with Gasteiger partial charge in [0.1, 0.15) is 0 Å². The molecule has 1 N–H and O–H groups in total. The normalized spacial score (nSPS) is 18.7. The van der Waals surface area contributed by atoms with Crippen LogP contribution in [0.1, 0.15) is 39.2 Å². The van der Waals surface area contributed by atoms with Gasteiger partial charge in [0.25, 0.3) is 0 Å². The molecule has 0 spiro atoms. The lowest BCUT2D eigenvalue weighted by molar-refractivity contribution is -0.191. The molecule has 0 aromatic heterocycles. The summed E-state index contributed by atoms with van der Waals surface area (Å²) in [6.45, 7) is 8.84. The van der Waals surface area contributed by atoms with Crippen LogP contribution < -0.4 is 5.32 Å². The molecule has 1 aliphatic rings. The third-order valence-corrected chi connectivity index (χ3v) is 3.36. The van der Waals surface area contributed by atoms with Gasteiger partial charge in [0, 0.05) is 13.0 Å². The molecule has 1 aromatic carbocycles. The molecule has 0 amide bonds. The van der Waals surface area contributed by atoms with Crippen LogP contribution in [0.15, 0.2) is 30.3 Å². The summed E-state index contributed by atoms with van der Waals surface area (Å²) in [5.74, 6) is -0.594. The lowest BCUT2D eigenvalue weighted by atomic mass is 9.89. The van der Waals surface area contributed by atoms with Gasteiger partial charge >= 0.3 is 0 Å². The Labute approximate surface area is 116 Å². The summed E-state index contributed by atoms with van der Waals surface area (Å²) in [5.41, 5.74) is 1.54. The van der Waals surface area contributed by atoms with E-state index in [1.165, 1.54) is 5.56 Å². The van der Waals surface area contributed by atoms with Crippen LogP contribution in [0.2, 0.25) is 0 Å². The first-order chi connectivity index (χ1) is 8.99. The molecular weight excluding hydrogens is 238 g/mol. The van der Waals surface area contributed by atoms with Gasteiger partial charge in [-0.15, -0.1) is 0 Å². The second-order valence-corrected chi connectivity index (χ2v) is 6.35. The number of ether oxygens (including phenoxy) is 2. The molecule has 106 valence electrons. The fourth-order valence-corrected chi connectivity index (χ4v) is 2.16. The minimum absolute atomic E-state index is 0.288. The molecular formula is C16H25NO2. The van der Waals surface area contributed by atoms with E-state index in [1.807, 2.05) is 6.07 Å². The monoisotopic (exact) mass is 263 g/mol. The van der Waals surface area contributed by atoms with Crippen molar-refractivity contribution in [2.45, 2.75) is 46.1 Å². The van der Waals surface area contributed by atoms with Crippen LogP contribution in [-0.2, 0) is 16.0 Å². The Kier molecular flexibility index (Phi) is 4.61. The number of hydrogen-bond donors (Lipinski definition) is 1. The Hall–Kier alpha value is -0.900. The van der Waals surface area contributed by atoms with Gasteiger partial charge in [-0.25, -0.2) is 0 Å². The quantitative estimate of drug-likeness (QED) is 0.884. The van der Waals surface area contributed by atoms with Crippen molar-refractivity contribution in [1.82, 2.24) is 5.32 Å². The van der Waals surface area contributed by atoms with Crippen LogP contribution in [0.5, 0.6) is 0 Å². The van der Waals surface area contributed by atoms with Crippen molar-refractivity contribution < 1.29 is 9.47 Å². The van der Waals surface area contributed by atoms with E-state index in [4.69, 9.17) is 9.47 Å². The van der Waals surface area contributed by atoms with E-state index >= 15 is 0 Å². The number of rotatable bonds is 5. The van der Waals surface area contributed by atoms with Gasteiger partial charge in [-0.05, 0) is 17.4 Å². The molecule has 1 saturated heterocycles. The molecule has 1 fully saturated rings. The minimum Gasteiger partial charge on any atom is -0.335 e. The topological polar surface area (TPSA) is 30.5 Å². The molecule has 1 heterocycles. The van der Waals surface area contributed by atoms with Gasteiger partial charge in [0.15, 0.2) is 0 Å². The Morgan fingerprint density at radius 1 is 1.11 bits per heavy atom. The molecule has 2 rings (SSSR count). The third-order valence-electron chi connectivity index (χ3n) is 3.36. The maximum atomic E-state index is 5.82. The fraction of sp³-hybridized carbons (Fsp3) is 0.625. The van der Waals surface area contributed by atoms with Crippen LogP contribution >= 0.6 is 0 Å². The van der Waals surface area contributed by atoms with Gasteiger partial charge in [-0.1, -0.05) is 51.1 Å². The molecule has 0 saturated carbocycles. The molecule has 0 atom stereocenters. The van der Waals surface area contributed by atoms with E-state index in [9.17, 15) is 0 Å². The zero-order valence-electron chi connectivity index (χ0n) is 12.2. The average Bonchev–Trinajstić information content (AvgIpc) is 2.84. The molecule has 19 heavy (non-hydrogen) atoms. The van der Waals surface area contributed by atoms with Crippen LogP contribution in [0.4, 0.5) is 0 Å². The summed E-state index contributed by atoms with van der Waals surface area (Å²) in [4.78, 5) is 0. The second kappa shape index (κ2) is 6.04. The van der Waals surface area contributed by atoms with Crippen molar-refractivity contribution in [2.24, 2.45) is 5.41 Å². The van der Waals surface area contributed by atoms with Gasteiger partial charge in [-0.2, -0.15) is 0 Å². The maximum Gasteiger partial charge on any atom is 0.227 e. The minimum atomic E-state index is -0.594. The van der Waals surface area contributed by atoms with Crippen LogP contribution in [0, 0.1) is 5.41 Å². The summed E-state index contributed by atoms with van der Waals surface area (Å²) < 4.78 is 11.6. The SMILES string of the molecule is CC(C)(C)CCC1(NCc2ccccc2)OCCO1. The highest BCUT2D eigenvalue weighted by Crippen LogP contribution is 2.29. The predicted octanol–water partition coefficient (Wildman–Crippen LogP) is 3.30. The van der Waals surface area contributed by atoms with Crippen LogP contribution in [0.3, 0.4) is 0 Å². The van der Waals surface area contributed by atoms with Crippen LogP contribution in [0.25, 0.3) is 0 Å². The summed E-state index contributed by atoms with van der Waals surface area (Å²) in [5, 5.41) is 3.44. The lowest BCUT2D eigenvalue weighted by Gasteiger charge is -2.31. The van der Waals surface area contributed by atoms with Crippen molar-refractivity contribution >= 4 is 0 Å². The van der Waals surface area contributed by atoms with E-state index in [0.717, 1.165) is 19.4 Å². The van der Waals surface area contributed by atoms with E-state index in [0.29, 0.717) is 13.2 Å². The van der Waals surface area contributed by atoms with Crippen molar-refractivity contribution in [1.29, 1.82) is 0 Å². The van der Waals surface area contributed by atoms with E-state index < -0.39 is 5.91 Å². The van der Waals surface area contributed by atoms with Crippen molar-refractivity contribution in [3.05, 3.63) is 35.9 Å². The summed E-state index contributed by atoms with van der Waals surface area (Å²) in [6.07, 6.45) is 1.94. The van der Waals surface area contributed by atoms with Gasteiger partial charge in [-0.3, -0.25) is 5.32 Å². The van der Waals surface area contributed by atoms with Crippen molar-refractivity contribution in [2.75, 3.05) is 13.2 Å². The number of benzene rings is 1. The predicted molar refractivity (Wildman–Crippen MR) is 76.6 cm³/mol. The highest BCUT2D eigenvalue weighted by Gasteiger charge is 2.36. The summed E-state index contributed by atoms with van der Waals surface area (Å²) >= 11 is 0. The first-order valence-corrected chi connectivity index (χ1v) is 7.06. The summed E-state index contributed by atoms with van der Waals surface area (Å²) in [6, 6.07) is 10.4. The molecule has 0 aliphatic carbocycles. The molecule has 3 heteroatoms. The van der Waals surface area contributed by atoms with Gasteiger partial charge in [0.2, 0.25) is 5.91 Å². The molecule has 0 unspecified atom stereocenters. The largest absolute Gasteiger partial charge is 0.335 e. The highest BCUT2D eigenvalue weighted by atomic mass is 16.8. The van der Waals surface area contributed by atoms with Gasteiger partial charge < -0.3 is 9.47 Å². The van der Waals surface area contributed by atoms with E-state index in [-0.39, 0.29) is 5.41 Å². The standard InChI is InChI=1S/C16H25NO2/c1-15(2,3)9-10-16(18-11-12-19-16)17-13-14-7-5-4-6-8-14/h4-8,17H,9-13H2,1-3H3.